The summed E-state index contributed by atoms with van der Waals surface area (Å²) in [5.41, 5.74) is 2.17. The zero-order valence-electron chi connectivity index (χ0n) is 13.9. The van der Waals surface area contributed by atoms with Crippen LogP contribution in [0.3, 0.4) is 0 Å². The monoisotopic (exact) mass is 329 g/mol. The third-order valence-corrected chi connectivity index (χ3v) is 4.71. The molecule has 5 nitrogen and oxygen atoms in total. The maximum absolute atomic E-state index is 12.4. The summed E-state index contributed by atoms with van der Waals surface area (Å²) < 4.78 is 4.90. The van der Waals surface area contributed by atoms with E-state index in [1.807, 2.05) is 30.3 Å². The summed E-state index contributed by atoms with van der Waals surface area (Å²) in [7, 11) is 1.37. The van der Waals surface area contributed by atoms with E-state index in [4.69, 9.17) is 9.57 Å². The zero-order chi connectivity index (χ0) is 16.9. The highest BCUT2D eigenvalue weighted by molar-refractivity contribution is 5.77. The Morgan fingerprint density at radius 1 is 1.21 bits per heavy atom. The highest BCUT2D eigenvalue weighted by atomic mass is 16.7. The molecule has 0 amide bonds. The number of fused-ring (bicyclic) bond motifs is 1. The molecule has 5 heteroatoms. The molecule has 1 fully saturated rings. The molecule has 2 atom stereocenters. The van der Waals surface area contributed by atoms with Crippen LogP contribution in [0.1, 0.15) is 37.7 Å². The molecule has 1 saturated carbocycles. The van der Waals surface area contributed by atoms with Gasteiger partial charge < -0.3 is 9.57 Å². The van der Waals surface area contributed by atoms with Crippen LogP contribution < -0.4 is 0 Å². The van der Waals surface area contributed by atoms with Gasteiger partial charge in [0.15, 0.2) is 0 Å². The normalized spacial score (nSPS) is 23.8. The van der Waals surface area contributed by atoms with E-state index in [2.05, 4.69) is 6.08 Å². The van der Waals surface area contributed by atoms with Crippen molar-refractivity contribution in [2.45, 2.75) is 50.6 Å². The van der Waals surface area contributed by atoms with E-state index in [0.717, 1.165) is 31.2 Å². The maximum Gasteiger partial charge on any atom is 0.329 e. The average molecular weight is 329 g/mol. The molecule has 2 aliphatic rings. The SMILES string of the molecule is COC(=O)[C@@H]1CC=C2CCCC[C@@H]2N1OC(=O)Cc1ccccc1. The maximum atomic E-state index is 12.4. The standard InChI is InChI=1S/C19H23NO4/c1-23-19(22)17-12-11-15-9-5-6-10-16(15)20(17)24-18(21)13-14-7-3-2-4-8-14/h2-4,7-8,11,16-17H,5-6,9-10,12-13H2,1H3/t16-,17-/m0/s1. The van der Waals surface area contributed by atoms with Crippen molar-refractivity contribution in [3.8, 4) is 0 Å². The van der Waals surface area contributed by atoms with Gasteiger partial charge in [-0.05, 0) is 31.2 Å². The van der Waals surface area contributed by atoms with Crippen molar-refractivity contribution in [1.29, 1.82) is 0 Å². The van der Waals surface area contributed by atoms with Crippen molar-refractivity contribution in [3.05, 3.63) is 47.5 Å². The molecule has 0 bridgehead atoms. The van der Waals surface area contributed by atoms with Gasteiger partial charge in [-0.25, -0.2) is 4.79 Å². The number of ether oxygens (including phenoxy) is 1. The lowest BCUT2D eigenvalue weighted by atomic mass is 9.85. The van der Waals surface area contributed by atoms with Gasteiger partial charge in [0.25, 0.3) is 0 Å². The van der Waals surface area contributed by atoms with Crippen LogP contribution in [-0.2, 0) is 25.6 Å². The van der Waals surface area contributed by atoms with Gasteiger partial charge in [0.2, 0.25) is 0 Å². The average Bonchev–Trinajstić information content (AvgIpc) is 2.62. The highest BCUT2D eigenvalue weighted by Gasteiger charge is 2.40. The Kier molecular flexibility index (Phi) is 5.30. The van der Waals surface area contributed by atoms with Crippen molar-refractivity contribution in [2.75, 3.05) is 7.11 Å². The molecule has 1 aliphatic carbocycles. The largest absolute Gasteiger partial charge is 0.468 e. The molecule has 1 heterocycles. The Balaban J connectivity index is 1.74. The molecule has 0 radical (unpaired) electrons. The first-order valence-electron chi connectivity index (χ1n) is 8.49. The zero-order valence-corrected chi connectivity index (χ0v) is 13.9. The Morgan fingerprint density at radius 3 is 2.75 bits per heavy atom. The molecule has 0 N–H and O–H groups in total. The molecule has 24 heavy (non-hydrogen) atoms. The number of esters is 1. The second kappa shape index (κ2) is 7.62. The minimum absolute atomic E-state index is 0.00340. The van der Waals surface area contributed by atoms with Crippen LogP contribution in [0.2, 0.25) is 0 Å². The van der Waals surface area contributed by atoms with E-state index >= 15 is 0 Å². The first-order valence-corrected chi connectivity index (χ1v) is 8.49. The molecular formula is C19H23NO4. The number of hydrogen-bond acceptors (Lipinski definition) is 5. The molecule has 1 aromatic carbocycles. The van der Waals surface area contributed by atoms with Crippen LogP contribution >= 0.6 is 0 Å². The molecule has 128 valence electrons. The van der Waals surface area contributed by atoms with Crippen molar-refractivity contribution >= 4 is 11.9 Å². The fraction of sp³-hybridized carbons (Fsp3) is 0.474. The predicted octanol–water partition coefficient (Wildman–Crippen LogP) is 2.80. The lowest BCUT2D eigenvalue weighted by Gasteiger charge is -2.41. The lowest BCUT2D eigenvalue weighted by Crippen LogP contribution is -2.52. The predicted molar refractivity (Wildman–Crippen MR) is 88.8 cm³/mol. The van der Waals surface area contributed by atoms with E-state index < -0.39 is 6.04 Å². The molecule has 3 rings (SSSR count). The quantitative estimate of drug-likeness (QED) is 0.628. The van der Waals surface area contributed by atoms with E-state index in [1.54, 1.807) is 5.06 Å². The summed E-state index contributed by atoms with van der Waals surface area (Å²) in [4.78, 5) is 30.1. The summed E-state index contributed by atoms with van der Waals surface area (Å²) in [6.45, 7) is 0. The fourth-order valence-electron chi connectivity index (χ4n) is 3.51. The van der Waals surface area contributed by atoms with Crippen LogP contribution in [0.15, 0.2) is 42.0 Å². The topological polar surface area (TPSA) is 55.8 Å². The van der Waals surface area contributed by atoms with Crippen LogP contribution in [0, 0.1) is 0 Å². The van der Waals surface area contributed by atoms with Crippen molar-refractivity contribution in [2.24, 2.45) is 0 Å². The van der Waals surface area contributed by atoms with Crippen molar-refractivity contribution < 1.29 is 19.2 Å². The highest BCUT2D eigenvalue weighted by Crippen LogP contribution is 2.34. The van der Waals surface area contributed by atoms with Crippen molar-refractivity contribution in [3.63, 3.8) is 0 Å². The molecule has 0 saturated heterocycles. The van der Waals surface area contributed by atoms with Gasteiger partial charge in [0, 0.05) is 0 Å². The van der Waals surface area contributed by atoms with Crippen LogP contribution in [0.5, 0.6) is 0 Å². The Bertz CT molecular complexity index is 626. The number of carbonyl (C=O) groups excluding carboxylic acids is 2. The first-order chi connectivity index (χ1) is 11.7. The lowest BCUT2D eigenvalue weighted by molar-refractivity contribution is -0.219. The minimum atomic E-state index is -0.554. The molecular weight excluding hydrogens is 306 g/mol. The van der Waals surface area contributed by atoms with Gasteiger partial charge in [0.1, 0.15) is 6.04 Å². The Labute approximate surface area is 142 Å². The summed E-state index contributed by atoms with van der Waals surface area (Å²) >= 11 is 0. The van der Waals surface area contributed by atoms with E-state index in [-0.39, 0.29) is 24.4 Å². The second-order valence-corrected chi connectivity index (χ2v) is 6.30. The van der Waals surface area contributed by atoms with Gasteiger partial charge in [-0.1, -0.05) is 48.4 Å². The first kappa shape index (κ1) is 16.7. The number of hydrogen-bond donors (Lipinski definition) is 0. The van der Waals surface area contributed by atoms with E-state index in [9.17, 15) is 9.59 Å². The Morgan fingerprint density at radius 2 is 2.00 bits per heavy atom. The van der Waals surface area contributed by atoms with Crippen LogP contribution in [-0.4, -0.2) is 36.2 Å². The molecule has 0 unspecified atom stereocenters. The summed E-state index contributed by atoms with van der Waals surface area (Å²) in [5.74, 6) is -0.703. The minimum Gasteiger partial charge on any atom is -0.468 e. The van der Waals surface area contributed by atoms with Crippen molar-refractivity contribution in [1.82, 2.24) is 5.06 Å². The van der Waals surface area contributed by atoms with Gasteiger partial charge in [-0.3, -0.25) is 4.79 Å². The van der Waals surface area contributed by atoms with Gasteiger partial charge in [-0.2, -0.15) is 0 Å². The smallest absolute Gasteiger partial charge is 0.329 e. The number of benzene rings is 1. The third kappa shape index (κ3) is 3.67. The number of hydroxylamine groups is 2. The number of carbonyl (C=O) groups is 2. The fourth-order valence-corrected chi connectivity index (χ4v) is 3.51. The summed E-state index contributed by atoms with van der Waals surface area (Å²) in [6.07, 6.45) is 6.96. The van der Waals surface area contributed by atoms with Gasteiger partial charge in [0.05, 0.1) is 19.6 Å². The number of methoxy groups -OCH3 is 1. The van der Waals surface area contributed by atoms with Crippen LogP contribution in [0.4, 0.5) is 0 Å². The van der Waals surface area contributed by atoms with Gasteiger partial charge >= 0.3 is 11.9 Å². The van der Waals surface area contributed by atoms with E-state index in [1.165, 1.54) is 12.7 Å². The van der Waals surface area contributed by atoms with Gasteiger partial charge in [-0.15, -0.1) is 5.06 Å². The van der Waals surface area contributed by atoms with E-state index in [0.29, 0.717) is 6.42 Å². The summed E-state index contributed by atoms with van der Waals surface area (Å²) in [6, 6.07) is 8.91. The molecule has 1 aromatic rings. The number of nitrogens with zero attached hydrogens (tertiary/aromatic N) is 1. The number of rotatable bonds is 4. The van der Waals surface area contributed by atoms with Crippen LogP contribution in [0.25, 0.3) is 0 Å². The third-order valence-electron chi connectivity index (χ3n) is 4.71. The Hall–Kier alpha value is -2.14. The molecule has 1 aliphatic heterocycles. The second-order valence-electron chi connectivity index (χ2n) is 6.30. The summed E-state index contributed by atoms with van der Waals surface area (Å²) in [5, 5.41) is 1.59. The molecule has 0 spiro atoms. The molecule has 0 aromatic heterocycles.